The molecule has 1 aromatic carbocycles. The van der Waals surface area contributed by atoms with E-state index >= 15 is 0 Å². The molecule has 1 aromatic rings. The molecular weight excluding hydrogens is 392 g/mol. The highest BCUT2D eigenvalue weighted by Crippen LogP contribution is 2.10. The minimum absolute atomic E-state index is 0.160. The van der Waals surface area contributed by atoms with Crippen LogP contribution in [0.5, 0.6) is 0 Å². The van der Waals surface area contributed by atoms with Crippen molar-refractivity contribution < 1.29 is 19.1 Å². The Labute approximate surface area is 179 Å². The minimum atomic E-state index is -0.166. The summed E-state index contributed by atoms with van der Waals surface area (Å²) < 4.78 is 4.78. The fraction of sp³-hybridized carbons (Fsp3) is 0.591. The highest BCUT2D eigenvalue weighted by atomic mass is 32.2. The van der Waals surface area contributed by atoms with Gasteiger partial charge in [-0.3, -0.25) is 14.4 Å². The van der Waals surface area contributed by atoms with Crippen LogP contribution in [-0.4, -0.2) is 34.3 Å². The van der Waals surface area contributed by atoms with Crippen molar-refractivity contribution in [3.63, 3.8) is 0 Å². The fourth-order valence-electron chi connectivity index (χ4n) is 1.91. The summed E-state index contributed by atoms with van der Waals surface area (Å²) in [6.45, 7) is 9.75. The van der Waals surface area contributed by atoms with Crippen LogP contribution in [-0.2, 0) is 14.3 Å². The van der Waals surface area contributed by atoms with Crippen LogP contribution in [0.25, 0.3) is 0 Å². The molecule has 0 aromatic heterocycles. The van der Waals surface area contributed by atoms with Crippen molar-refractivity contribution in [2.45, 2.75) is 66.7 Å². The van der Waals surface area contributed by atoms with E-state index in [0.717, 1.165) is 23.5 Å². The lowest BCUT2D eigenvalue weighted by atomic mass is 10.2. The Morgan fingerprint density at radius 3 is 1.82 bits per heavy atom. The van der Waals surface area contributed by atoms with Crippen molar-refractivity contribution >= 4 is 39.7 Å². The average Bonchev–Trinajstić information content (AvgIpc) is 2.66. The van der Waals surface area contributed by atoms with E-state index < -0.39 is 0 Å². The molecule has 0 atom stereocenters. The van der Waals surface area contributed by atoms with Crippen molar-refractivity contribution in [3.8, 4) is 0 Å². The summed E-state index contributed by atoms with van der Waals surface area (Å²) in [7, 11) is 0. The third-order valence-corrected chi connectivity index (χ3v) is 4.67. The zero-order chi connectivity index (χ0) is 21.6. The summed E-state index contributed by atoms with van der Waals surface area (Å²) in [6.07, 6.45) is 6.01. The maximum atomic E-state index is 11.2. The summed E-state index contributed by atoms with van der Waals surface area (Å²) in [5, 5.41) is 0.366. The van der Waals surface area contributed by atoms with Crippen molar-refractivity contribution in [2.75, 3.05) is 18.1 Å². The molecule has 0 radical (unpaired) electrons. The van der Waals surface area contributed by atoms with Crippen molar-refractivity contribution in [3.05, 3.63) is 35.9 Å². The third-order valence-electron chi connectivity index (χ3n) is 3.19. The van der Waals surface area contributed by atoms with Gasteiger partial charge in [-0.1, -0.05) is 100 Å². The second kappa shape index (κ2) is 22.0. The van der Waals surface area contributed by atoms with Gasteiger partial charge in [0.05, 0.1) is 6.61 Å². The van der Waals surface area contributed by atoms with Gasteiger partial charge >= 0.3 is 5.97 Å². The van der Waals surface area contributed by atoms with Gasteiger partial charge in [0, 0.05) is 19.4 Å². The number of hydrogen-bond acceptors (Lipinski definition) is 6. The van der Waals surface area contributed by atoms with Gasteiger partial charge in [0.15, 0.2) is 5.12 Å². The summed E-state index contributed by atoms with van der Waals surface area (Å²) in [4.78, 5) is 31.5. The lowest BCUT2D eigenvalue weighted by molar-refractivity contribution is -0.141. The molecule has 6 heteroatoms. The monoisotopic (exact) mass is 428 g/mol. The SMILES string of the molecule is CCCCCCCOC(C)=O.CCSC(=O)c1ccccc1.CCSC(C)=O. The number of ether oxygens (including phenoxy) is 1. The molecule has 160 valence electrons. The molecule has 0 N–H and O–H groups in total. The molecule has 0 heterocycles. The van der Waals surface area contributed by atoms with Gasteiger partial charge in [0.25, 0.3) is 0 Å². The number of thioether (sulfide) groups is 2. The molecule has 0 saturated heterocycles. The Morgan fingerprint density at radius 1 is 0.821 bits per heavy atom. The van der Waals surface area contributed by atoms with Crippen LogP contribution in [0.4, 0.5) is 0 Å². The summed E-state index contributed by atoms with van der Waals surface area (Å²) in [6, 6.07) is 9.34. The van der Waals surface area contributed by atoms with Crippen LogP contribution in [0.2, 0.25) is 0 Å². The van der Waals surface area contributed by atoms with E-state index in [1.54, 1.807) is 6.92 Å². The number of unbranched alkanes of at least 4 members (excludes halogenated alkanes) is 4. The van der Waals surface area contributed by atoms with E-state index in [4.69, 9.17) is 4.74 Å². The number of carbonyl (C=O) groups excluding carboxylic acids is 3. The van der Waals surface area contributed by atoms with Gasteiger partial charge in [0.2, 0.25) is 5.12 Å². The minimum Gasteiger partial charge on any atom is -0.466 e. The van der Waals surface area contributed by atoms with E-state index in [0.29, 0.717) is 6.61 Å². The zero-order valence-electron chi connectivity index (χ0n) is 18.0. The first-order valence-electron chi connectivity index (χ1n) is 9.87. The predicted molar refractivity (Wildman–Crippen MR) is 123 cm³/mol. The van der Waals surface area contributed by atoms with Crippen molar-refractivity contribution in [1.82, 2.24) is 0 Å². The molecule has 28 heavy (non-hydrogen) atoms. The Kier molecular flexibility index (Phi) is 22.8. The molecule has 4 nitrogen and oxygen atoms in total. The van der Waals surface area contributed by atoms with Gasteiger partial charge in [0.1, 0.15) is 0 Å². The van der Waals surface area contributed by atoms with Crippen LogP contribution in [0.15, 0.2) is 30.3 Å². The normalized spacial score (nSPS) is 9.32. The van der Waals surface area contributed by atoms with Crippen LogP contribution in [0.3, 0.4) is 0 Å². The average molecular weight is 429 g/mol. The number of carbonyl (C=O) groups is 3. The highest BCUT2D eigenvalue weighted by Gasteiger charge is 2.02. The summed E-state index contributed by atoms with van der Waals surface area (Å²) in [5.74, 6) is 1.57. The highest BCUT2D eigenvalue weighted by molar-refractivity contribution is 8.14. The number of hydrogen-bond donors (Lipinski definition) is 0. The Balaban J connectivity index is 0. The second-order valence-electron chi connectivity index (χ2n) is 5.77. The van der Waals surface area contributed by atoms with E-state index in [-0.39, 0.29) is 16.2 Å². The Morgan fingerprint density at radius 2 is 1.39 bits per heavy atom. The smallest absolute Gasteiger partial charge is 0.302 e. The van der Waals surface area contributed by atoms with Gasteiger partial charge in [-0.15, -0.1) is 0 Å². The van der Waals surface area contributed by atoms with E-state index in [1.165, 1.54) is 56.1 Å². The van der Waals surface area contributed by atoms with E-state index in [9.17, 15) is 14.4 Å². The molecule has 1 rings (SSSR count). The molecule has 0 amide bonds. The molecule has 0 bridgehead atoms. The largest absolute Gasteiger partial charge is 0.466 e. The standard InChI is InChI=1S/C9H18O2.C9H10OS.C4H8OS/c1-3-4-5-6-7-8-11-9(2)10;1-2-11-9(10)8-6-4-3-5-7-8;1-3-6-4(2)5/h3-8H2,1-2H3;3-7H,2H2,1H3;3H2,1-2H3. The maximum Gasteiger partial charge on any atom is 0.302 e. The Bertz CT molecular complexity index is 519. The lowest BCUT2D eigenvalue weighted by Crippen LogP contribution is -1.99. The lowest BCUT2D eigenvalue weighted by Gasteiger charge is -2.00. The summed E-state index contributed by atoms with van der Waals surface area (Å²) >= 11 is 2.69. The molecule has 0 aliphatic rings. The molecule has 0 aliphatic heterocycles. The quantitative estimate of drug-likeness (QED) is 0.336. The van der Waals surface area contributed by atoms with Gasteiger partial charge in [-0.05, 0) is 17.9 Å². The molecule has 0 saturated carbocycles. The van der Waals surface area contributed by atoms with Crippen molar-refractivity contribution in [1.29, 1.82) is 0 Å². The second-order valence-corrected chi connectivity index (χ2v) is 8.44. The van der Waals surface area contributed by atoms with E-state index in [1.807, 2.05) is 44.2 Å². The van der Waals surface area contributed by atoms with Gasteiger partial charge in [-0.25, -0.2) is 0 Å². The molecule has 0 aliphatic carbocycles. The first-order valence-corrected chi connectivity index (χ1v) is 11.8. The van der Waals surface area contributed by atoms with Crippen molar-refractivity contribution in [2.24, 2.45) is 0 Å². The summed E-state index contributed by atoms with van der Waals surface area (Å²) in [5.41, 5.74) is 0.791. The van der Waals surface area contributed by atoms with E-state index in [2.05, 4.69) is 6.92 Å². The predicted octanol–water partition coefficient (Wildman–Crippen LogP) is 6.39. The first-order chi connectivity index (χ1) is 13.4. The maximum absolute atomic E-state index is 11.2. The molecule has 0 fully saturated rings. The zero-order valence-corrected chi connectivity index (χ0v) is 19.6. The van der Waals surface area contributed by atoms with Crippen LogP contribution >= 0.6 is 23.5 Å². The first kappa shape index (κ1) is 28.9. The van der Waals surface area contributed by atoms with Gasteiger partial charge < -0.3 is 4.74 Å². The van der Waals surface area contributed by atoms with Crippen LogP contribution in [0, 0.1) is 0 Å². The fourth-order valence-corrected chi connectivity index (χ4v) is 2.88. The number of rotatable bonds is 9. The van der Waals surface area contributed by atoms with Crippen LogP contribution < -0.4 is 0 Å². The molecule has 0 unspecified atom stereocenters. The number of esters is 1. The molecule has 0 spiro atoms. The number of benzene rings is 1. The Hall–Kier alpha value is -1.27. The topological polar surface area (TPSA) is 60.4 Å². The van der Waals surface area contributed by atoms with Gasteiger partial charge in [-0.2, -0.15) is 0 Å². The molecular formula is C22H36O4S2. The van der Waals surface area contributed by atoms with Crippen LogP contribution in [0.1, 0.15) is 77.1 Å². The third kappa shape index (κ3) is 22.8.